The van der Waals surface area contributed by atoms with Gasteiger partial charge in [-0.25, -0.2) is 0 Å². The Morgan fingerprint density at radius 3 is 2.75 bits per heavy atom. The van der Waals surface area contributed by atoms with E-state index in [-0.39, 0.29) is 11.2 Å². The standard InChI is InChI=1S/C13H17NOS/c1-9-5-3-4-6-12(9)16-10(2)13(15)14-11-7-8-11/h3-6,10-11H,7-8H2,1-2H3,(H,14,15). The van der Waals surface area contributed by atoms with Gasteiger partial charge in [-0.15, -0.1) is 11.8 Å². The molecule has 0 aliphatic heterocycles. The Balaban J connectivity index is 1.92. The van der Waals surface area contributed by atoms with Crippen molar-refractivity contribution in [3.63, 3.8) is 0 Å². The molecule has 1 N–H and O–H groups in total. The first-order chi connectivity index (χ1) is 7.66. The van der Waals surface area contributed by atoms with Gasteiger partial charge in [0.25, 0.3) is 0 Å². The molecule has 86 valence electrons. The summed E-state index contributed by atoms with van der Waals surface area (Å²) in [4.78, 5) is 13.0. The molecular formula is C13H17NOS. The average molecular weight is 235 g/mol. The smallest absolute Gasteiger partial charge is 0.233 e. The van der Waals surface area contributed by atoms with Gasteiger partial charge in [0.2, 0.25) is 5.91 Å². The van der Waals surface area contributed by atoms with Crippen LogP contribution in [-0.2, 0) is 4.79 Å². The molecule has 2 rings (SSSR count). The molecule has 0 spiro atoms. The third-order valence-corrected chi connectivity index (χ3v) is 3.97. The van der Waals surface area contributed by atoms with E-state index in [1.165, 1.54) is 10.5 Å². The lowest BCUT2D eigenvalue weighted by Gasteiger charge is -2.12. The zero-order chi connectivity index (χ0) is 11.5. The largest absolute Gasteiger partial charge is 0.352 e. The van der Waals surface area contributed by atoms with Gasteiger partial charge >= 0.3 is 0 Å². The number of amides is 1. The summed E-state index contributed by atoms with van der Waals surface area (Å²) in [5.41, 5.74) is 1.23. The minimum atomic E-state index is -0.0123. The molecule has 0 aromatic heterocycles. The molecule has 0 heterocycles. The van der Waals surface area contributed by atoms with E-state index in [1.807, 2.05) is 19.1 Å². The van der Waals surface area contributed by atoms with E-state index >= 15 is 0 Å². The fourth-order valence-corrected chi connectivity index (χ4v) is 2.45. The summed E-state index contributed by atoms with van der Waals surface area (Å²) in [5.74, 6) is 0.163. The van der Waals surface area contributed by atoms with E-state index < -0.39 is 0 Å². The highest BCUT2D eigenvalue weighted by molar-refractivity contribution is 8.00. The highest BCUT2D eigenvalue weighted by Gasteiger charge is 2.25. The van der Waals surface area contributed by atoms with Gasteiger partial charge in [-0.1, -0.05) is 18.2 Å². The van der Waals surface area contributed by atoms with Crippen LogP contribution >= 0.6 is 11.8 Å². The second kappa shape index (κ2) is 4.91. The van der Waals surface area contributed by atoms with Crippen LogP contribution in [0.2, 0.25) is 0 Å². The maximum Gasteiger partial charge on any atom is 0.233 e. The summed E-state index contributed by atoms with van der Waals surface area (Å²) in [6.07, 6.45) is 2.29. The normalized spacial score (nSPS) is 16.9. The fraction of sp³-hybridized carbons (Fsp3) is 0.462. The van der Waals surface area contributed by atoms with Crippen LogP contribution < -0.4 is 5.32 Å². The Kier molecular flexibility index (Phi) is 3.54. The summed E-state index contributed by atoms with van der Waals surface area (Å²) >= 11 is 1.64. The second-order valence-electron chi connectivity index (χ2n) is 4.31. The Labute approximate surface area is 101 Å². The molecule has 2 nitrogen and oxygen atoms in total. The number of nitrogens with one attached hydrogen (secondary N) is 1. The number of carbonyl (C=O) groups is 1. The lowest BCUT2D eigenvalue weighted by Crippen LogP contribution is -2.32. The Hall–Kier alpha value is -0.960. The first-order valence-electron chi connectivity index (χ1n) is 5.69. The second-order valence-corrected chi connectivity index (χ2v) is 5.69. The molecule has 3 heteroatoms. The molecular weight excluding hydrogens is 218 g/mol. The lowest BCUT2D eigenvalue weighted by atomic mass is 10.2. The minimum absolute atomic E-state index is 0.0123. The van der Waals surface area contributed by atoms with Crippen molar-refractivity contribution in [1.29, 1.82) is 0 Å². The first kappa shape index (κ1) is 11.5. The quantitative estimate of drug-likeness (QED) is 0.813. The molecule has 0 bridgehead atoms. The number of aryl methyl sites for hydroxylation is 1. The zero-order valence-corrected chi connectivity index (χ0v) is 10.5. The van der Waals surface area contributed by atoms with E-state index in [9.17, 15) is 4.79 Å². The Bertz CT molecular complexity index is 387. The number of carbonyl (C=O) groups excluding carboxylic acids is 1. The van der Waals surface area contributed by atoms with Crippen LogP contribution in [0.1, 0.15) is 25.3 Å². The molecule has 1 fully saturated rings. The van der Waals surface area contributed by atoms with Crippen molar-refractivity contribution in [2.75, 3.05) is 0 Å². The van der Waals surface area contributed by atoms with Crippen LogP contribution in [-0.4, -0.2) is 17.2 Å². The van der Waals surface area contributed by atoms with Crippen molar-refractivity contribution in [3.8, 4) is 0 Å². The molecule has 0 radical (unpaired) electrons. The molecule has 1 aliphatic carbocycles. The summed E-state index contributed by atoms with van der Waals surface area (Å²) in [5, 5.41) is 3.02. The SMILES string of the molecule is Cc1ccccc1SC(C)C(=O)NC1CC1. The van der Waals surface area contributed by atoms with E-state index in [2.05, 4.69) is 24.4 Å². The van der Waals surface area contributed by atoms with Crippen molar-refractivity contribution in [2.45, 2.75) is 42.9 Å². The molecule has 0 saturated heterocycles. The van der Waals surface area contributed by atoms with Crippen molar-refractivity contribution in [3.05, 3.63) is 29.8 Å². The number of hydrogen-bond acceptors (Lipinski definition) is 2. The van der Waals surface area contributed by atoms with Crippen molar-refractivity contribution >= 4 is 17.7 Å². The van der Waals surface area contributed by atoms with E-state index in [4.69, 9.17) is 0 Å². The third kappa shape index (κ3) is 3.01. The summed E-state index contributed by atoms with van der Waals surface area (Å²) < 4.78 is 0. The molecule has 1 aromatic carbocycles. The molecule has 1 aromatic rings. The van der Waals surface area contributed by atoms with Crippen LogP contribution in [0, 0.1) is 6.92 Å². The minimum Gasteiger partial charge on any atom is -0.352 e. The van der Waals surface area contributed by atoms with Crippen LogP contribution in [0.3, 0.4) is 0 Å². The molecule has 1 unspecified atom stereocenters. The van der Waals surface area contributed by atoms with Crippen LogP contribution in [0.15, 0.2) is 29.2 Å². The van der Waals surface area contributed by atoms with Crippen LogP contribution in [0.5, 0.6) is 0 Å². The van der Waals surface area contributed by atoms with Gasteiger partial charge < -0.3 is 5.32 Å². The Morgan fingerprint density at radius 1 is 1.44 bits per heavy atom. The van der Waals surface area contributed by atoms with Gasteiger partial charge in [0.1, 0.15) is 0 Å². The van der Waals surface area contributed by atoms with Gasteiger partial charge in [-0.2, -0.15) is 0 Å². The molecule has 1 aliphatic rings. The molecule has 1 atom stereocenters. The van der Waals surface area contributed by atoms with Gasteiger partial charge in [0.05, 0.1) is 5.25 Å². The highest BCUT2D eigenvalue weighted by Crippen LogP contribution is 2.27. The van der Waals surface area contributed by atoms with E-state index in [0.29, 0.717) is 6.04 Å². The van der Waals surface area contributed by atoms with Gasteiger partial charge in [0.15, 0.2) is 0 Å². The number of rotatable bonds is 4. The van der Waals surface area contributed by atoms with Gasteiger partial charge in [-0.3, -0.25) is 4.79 Å². The van der Waals surface area contributed by atoms with Crippen LogP contribution in [0.4, 0.5) is 0 Å². The van der Waals surface area contributed by atoms with Crippen molar-refractivity contribution < 1.29 is 4.79 Å². The molecule has 1 saturated carbocycles. The van der Waals surface area contributed by atoms with Crippen LogP contribution in [0.25, 0.3) is 0 Å². The lowest BCUT2D eigenvalue weighted by molar-refractivity contribution is -0.120. The summed E-state index contributed by atoms with van der Waals surface area (Å²) in [7, 11) is 0. The molecule has 16 heavy (non-hydrogen) atoms. The van der Waals surface area contributed by atoms with E-state index in [1.54, 1.807) is 11.8 Å². The fourth-order valence-electron chi connectivity index (χ4n) is 1.48. The Morgan fingerprint density at radius 2 is 2.12 bits per heavy atom. The number of thioether (sulfide) groups is 1. The zero-order valence-electron chi connectivity index (χ0n) is 9.69. The maximum atomic E-state index is 11.8. The first-order valence-corrected chi connectivity index (χ1v) is 6.57. The number of benzene rings is 1. The van der Waals surface area contributed by atoms with Gasteiger partial charge in [-0.05, 0) is 38.3 Å². The maximum absolute atomic E-state index is 11.8. The topological polar surface area (TPSA) is 29.1 Å². The summed E-state index contributed by atoms with van der Waals surface area (Å²) in [6, 6.07) is 8.64. The van der Waals surface area contributed by atoms with Crippen molar-refractivity contribution in [2.24, 2.45) is 0 Å². The predicted molar refractivity (Wildman–Crippen MR) is 67.7 cm³/mol. The van der Waals surface area contributed by atoms with Gasteiger partial charge in [0, 0.05) is 10.9 Å². The third-order valence-electron chi connectivity index (χ3n) is 2.69. The predicted octanol–water partition coefficient (Wildman–Crippen LogP) is 2.75. The monoisotopic (exact) mass is 235 g/mol. The highest BCUT2D eigenvalue weighted by atomic mass is 32.2. The van der Waals surface area contributed by atoms with E-state index in [0.717, 1.165) is 12.8 Å². The van der Waals surface area contributed by atoms with Crippen molar-refractivity contribution in [1.82, 2.24) is 5.32 Å². The number of hydrogen-bond donors (Lipinski definition) is 1. The molecule has 1 amide bonds. The summed E-state index contributed by atoms with van der Waals surface area (Å²) in [6.45, 7) is 4.04. The average Bonchev–Trinajstić information content (AvgIpc) is 3.05.